The minimum atomic E-state index is -4.71. The molecule has 1 amide bonds. The number of ether oxygens (including phenoxy) is 1. The van der Waals surface area contributed by atoms with E-state index in [0.29, 0.717) is 6.42 Å². The van der Waals surface area contributed by atoms with Crippen molar-refractivity contribution in [3.63, 3.8) is 0 Å². The molecule has 0 aliphatic heterocycles. The fourth-order valence-electron chi connectivity index (χ4n) is 3.06. The van der Waals surface area contributed by atoms with Crippen LogP contribution in [0.25, 0.3) is 0 Å². The van der Waals surface area contributed by atoms with Crippen LogP contribution in [0.1, 0.15) is 103 Å². The van der Waals surface area contributed by atoms with Crippen molar-refractivity contribution >= 4 is 22.0 Å². The molecule has 0 saturated carbocycles. The smallest absolute Gasteiger partial charge is 0.327 e. The third kappa shape index (κ3) is 15.9. The van der Waals surface area contributed by atoms with Gasteiger partial charge in [-0.1, -0.05) is 90.4 Å². The molecule has 0 rings (SSSR count). The van der Waals surface area contributed by atoms with Crippen LogP contribution in [0.15, 0.2) is 0 Å². The zero-order valence-electron chi connectivity index (χ0n) is 17.4. The molecular weight excluding hydrogens is 382 g/mol. The molecule has 0 spiro atoms. The molecule has 1 unspecified atom stereocenters. The number of carbonyl (C=O) groups is 2. The summed E-state index contributed by atoms with van der Waals surface area (Å²) in [5.74, 6) is -2.12. The third-order valence-corrected chi connectivity index (χ3v) is 5.83. The first kappa shape index (κ1) is 26.9. The summed E-state index contributed by atoms with van der Waals surface area (Å²) < 4.78 is 36.1. The Morgan fingerprint density at radius 2 is 1.21 bits per heavy atom. The van der Waals surface area contributed by atoms with Crippen molar-refractivity contribution in [1.29, 1.82) is 0 Å². The number of primary amides is 1. The van der Waals surface area contributed by atoms with Crippen LogP contribution in [0.2, 0.25) is 0 Å². The van der Waals surface area contributed by atoms with Gasteiger partial charge in [0.25, 0.3) is 10.1 Å². The van der Waals surface area contributed by atoms with E-state index in [0.717, 1.165) is 19.3 Å². The Kier molecular flexibility index (Phi) is 16.1. The number of hydrogen-bond acceptors (Lipinski definition) is 5. The van der Waals surface area contributed by atoms with Crippen molar-refractivity contribution in [1.82, 2.24) is 0 Å². The van der Waals surface area contributed by atoms with Gasteiger partial charge in [0, 0.05) is 0 Å². The van der Waals surface area contributed by atoms with E-state index in [1.807, 2.05) is 0 Å². The molecule has 28 heavy (non-hydrogen) atoms. The van der Waals surface area contributed by atoms with Crippen LogP contribution in [0.4, 0.5) is 0 Å². The van der Waals surface area contributed by atoms with E-state index in [1.54, 1.807) is 0 Å². The van der Waals surface area contributed by atoms with Crippen molar-refractivity contribution in [2.45, 2.75) is 108 Å². The van der Waals surface area contributed by atoms with Gasteiger partial charge in [-0.3, -0.25) is 14.1 Å². The molecule has 0 aromatic heterocycles. The van der Waals surface area contributed by atoms with E-state index in [2.05, 4.69) is 6.92 Å². The van der Waals surface area contributed by atoms with E-state index in [-0.39, 0.29) is 6.61 Å². The maximum atomic E-state index is 11.7. The Morgan fingerprint density at radius 3 is 1.57 bits per heavy atom. The predicted octanol–water partition coefficient (Wildman–Crippen LogP) is 4.14. The second kappa shape index (κ2) is 16.8. The van der Waals surface area contributed by atoms with Gasteiger partial charge in [0.15, 0.2) is 5.25 Å². The minimum absolute atomic E-state index is 0.0711. The summed E-state index contributed by atoms with van der Waals surface area (Å²) in [6, 6.07) is 0. The number of carbonyl (C=O) groups excluding carboxylic acids is 2. The number of nitrogens with two attached hydrogens (primary N) is 1. The monoisotopic (exact) mass is 421 g/mol. The average molecular weight is 422 g/mol. The molecule has 8 heteroatoms. The van der Waals surface area contributed by atoms with Gasteiger partial charge in [0.05, 0.1) is 13.0 Å². The van der Waals surface area contributed by atoms with E-state index in [9.17, 15) is 18.0 Å². The first-order valence-electron chi connectivity index (χ1n) is 10.7. The van der Waals surface area contributed by atoms with Crippen LogP contribution in [0, 0.1) is 0 Å². The highest BCUT2D eigenvalue weighted by molar-refractivity contribution is 7.87. The number of rotatable bonds is 19. The van der Waals surface area contributed by atoms with Crippen molar-refractivity contribution < 1.29 is 27.3 Å². The standard InChI is InChI=1S/C20H39NO6S/c1-2-3-4-5-6-7-8-9-10-11-12-13-14-15-16-27-20(23)18(17-19(21)22)28(24,25)26/h18H,2-17H2,1H3,(H2,21,22)(H,24,25,26). The van der Waals surface area contributed by atoms with Gasteiger partial charge in [-0.25, -0.2) is 0 Å². The molecule has 0 aliphatic rings. The van der Waals surface area contributed by atoms with Gasteiger partial charge in [0.2, 0.25) is 5.91 Å². The van der Waals surface area contributed by atoms with Crippen molar-refractivity contribution in [3.8, 4) is 0 Å². The average Bonchev–Trinajstić information content (AvgIpc) is 2.61. The molecule has 3 N–H and O–H groups in total. The van der Waals surface area contributed by atoms with E-state index >= 15 is 0 Å². The quantitative estimate of drug-likeness (QED) is 0.183. The van der Waals surface area contributed by atoms with Gasteiger partial charge < -0.3 is 10.5 Å². The predicted molar refractivity (Wildman–Crippen MR) is 110 cm³/mol. The molecule has 0 saturated heterocycles. The molecule has 0 bridgehead atoms. The highest BCUT2D eigenvalue weighted by atomic mass is 32.2. The van der Waals surface area contributed by atoms with Crippen molar-refractivity contribution in [2.24, 2.45) is 5.73 Å². The van der Waals surface area contributed by atoms with Gasteiger partial charge in [-0.15, -0.1) is 0 Å². The molecular formula is C20H39NO6S. The van der Waals surface area contributed by atoms with Crippen LogP contribution in [0.3, 0.4) is 0 Å². The van der Waals surface area contributed by atoms with Crippen LogP contribution < -0.4 is 5.73 Å². The molecule has 166 valence electrons. The normalized spacial score (nSPS) is 12.6. The molecule has 0 aromatic carbocycles. The topological polar surface area (TPSA) is 124 Å². The molecule has 0 aromatic rings. The summed E-state index contributed by atoms with van der Waals surface area (Å²) in [5.41, 5.74) is 4.89. The molecule has 0 radical (unpaired) electrons. The Labute approximate surface area is 170 Å². The van der Waals surface area contributed by atoms with Crippen molar-refractivity contribution in [2.75, 3.05) is 6.61 Å². The summed E-state index contributed by atoms with van der Waals surface area (Å²) >= 11 is 0. The number of esters is 1. The number of amides is 1. The molecule has 0 aliphatic carbocycles. The van der Waals surface area contributed by atoms with Crippen LogP contribution in [0.5, 0.6) is 0 Å². The van der Waals surface area contributed by atoms with E-state index in [1.165, 1.54) is 64.2 Å². The lowest BCUT2D eigenvalue weighted by Gasteiger charge is -2.11. The summed E-state index contributed by atoms with van der Waals surface area (Å²) in [6.07, 6.45) is 16.1. The van der Waals surface area contributed by atoms with Crippen LogP contribution in [-0.4, -0.2) is 36.7 Å². The first-order chi connectivity index (χ1) is 13.3. The Morgan fingerprint density at radius 1 is 0.821 bits per heavy atom. The lowest BCUT2D eigenvalue weighted by Crippen LogP contribution is -2.35. The molecule has 0 heterocycles. The van der Waals surface area contributed by atoms with Crippen LogP contribution >= 0.6 is 0 Å². The minimum Gasteiger partial charge on any atom is -0.465 e. The second-order valence-corrected chi connectivity index (χ2v) is 9.04. The highest BCUT2D eigenvalue weighted by Crippen LogP contribution is 2.13. The Balaban J connectivity index is 3.56. The fourth-order valence-corrected chi connectivity index (χ4v) is 3.74. The lowest BCUT2D eigenvalue weighted by molar-refractivity contribution is -0.144. The zero-order chi connectivity index (χ0) is 21.3. The molecule has 0 fully saturated rings. The Hall–Kier alpha value is -1.15. The SMILES string of the molecule is CCCCCCCCCCCCCCCCOC(=O)C(CC(N)=O)S(=O)(=O)O. The number of unbranched alkanes of at least 4 members (excludes halogenated alkanes) is 13. The van der Waals surface area contributed by atoms with E-state index in [4.69, 9.17) is 15.0 Å². The van der Waals surface area contributed by atoms with Gasteiger partial charge in [0.1, 0.15) is 0 Å². The maximum absolute atomic E-state index is 11.7. The van der Waals surface area contributed by atoms with Crippen molar-refractivity contribution in [3.05, 3.63) is 0 Å². The summed E-state index contributed by atoms with van der Waals surface area (Å²) in [6.45, 7) is 2.31. The lowest BCUT2D eigenvalue weighted by atomic mass is 10.0. The Bertz CT molecular complexity index is 521. The summed E-state index contributed by atoms with van der Waals surface area (Å²) in [5, 5.41) is -1.93. The third-order valence-electron chi connectivity index (χ3n) is 4.75. The second-order valence-electron chi connectivity index (χ2n) is 7.44. The highest BCUT2D eigenvalue weighted by Gasteiger charge is 2.34. The summed E-state index contributed by atoms with van der Waals surface area (Å²) in [7, 11) is -4.71. The first-order valence-corrected chi connectivity index (χ1v) is 12.2. The zero-order valence-corrected chi connectivity index (χ0v) is 18.2. The van der Waals surface area contributed by atoms with Gasteiger partial charge >= 0.3 is 5.97 Å². The van der Waals surface area contributed by atoms with Gasteiger partial charge in [-0.05, 0) is 6.42 Å². The molecule has 1 atom stereocenters. The summed E-state index contributed by atoms with van der Waals surface area (Å²) in [4.78, 5) is 22.5. The number of hydrogen-bond donors (Lipinski definition) is 2. The maximum Gasteiger partial charge on any atom is 0.327 e. The van der Waals surface area contributed by atoms with E-state index < -0.39 is 33.7 Å². The fraction of sp³-hybridized carbons (Fsp3) is 0.900. The molecule has 7 nitrogen and oxygen atoms in total. The van der Waals surface area contributed by atoms with Gasteiger partial charge in [-0.2, -0.15) is 8.42 Å². The van der Waals surface area contributed by atoms with Crippen LogP contribution in [-0.2, 0) is 24.4 Å². The largest absolute Gasteiger partial charge is 0.465 e.